The molecule has 0 saturated carbocycles. The molecule has 1 aromatic carbocycles. The van der Waals surface area contributed by atoms with E-state index in [9.17, 15) is 14.4 Å². The Morgan fingerprint density at radius 2 is 2.13 bits per heavy atom. The van der Waals surface area contributed by atoms with Gasteiger partial charge >= 0.3 is 6.01 Å². The molecule has 4 aromatic rings. The van der Waals surface area contributed by atoms with Gasteiger partial charge in [-0.3, -0.25) is 14.7 Å². The molecular formula is C32H34F2N8O3S. The van der Waals surface area contributed by atoms with E-state index in [-0.39, 0.29) is 80.2 Å². The number of nitrogen functional groups attached to an aromatic ring is 1. The van der Waals surface area contributed by atoms with Gasteiger partial charge in [-0.2, -0.15) is 15.2 Å². The smallest absolute Gasteiger partial charge is 0.319 e. The number of amides is 1. The number of benzene rings is 1. The molecular weight excluding hydrogens is 614 g/mol. The van der Waals surface area contributed by atoms with Crippen LogP contribution in [0.1, 0.15) is 25.3 Å². The lowest BCUT2D eigenvalue weighted by Gasteiger charge is -2.32. The zero-order valence-electron chi connectivity index (χ0n) is 26.0. The number of likely N-dealkylation sites (N-methyl/N-ethyl adjacent to an activating group) is 2. The molecule has 5 heterocycles. The van der Waals surface area contributed by atoms with Crippen LogP contribution in [-0.2, 0) is 9.53 Å². The van der Waals surface area contributed by atoms with E-state index >= 15 is 4.39 Å². The molecule has 0 bridgehead atoms. The van der Waals surface area contributed by atoms with Gasteiger partial charge in [0.2, 0.25) is 5.91 Å². The maximum atomic E-state index is 16.7. The molecule has 2 aliphatic heterocycles. The standard InChI is InChI=1S/C32H34F2N8O3S/c1-6-24(43)42-10-9-23(16(42)2)41(4)31-21-13-37-27(19-7-8-22(33)29-25(19)20(12-35)30(36)46-29)26(34)28(21)38-32(39-31)45-15-17-11-18(44-5)14-40(17)3/h6-8,13,16-18,23H,1,9-11,14-15,36H2,2-5H3/t16?,17-,18+,23?/m0/s1. The van der Waals surface area contributed by atoms with Crippen LogP contribution in [0.15, 0.2) is 31.0 Å². The molecule has 2 unspecified atom stereocenters. The quantitative estimate of drug-likeness (QED) is 0.275. The van der Waals surface area contributed by atoms with E-state index in [0.29, 0.717) is 24.2 Å². The van der Waals surface area contributed by atoms with Gasteiger partial charge in [0.25, 0.3) is 0 Å². The Morgan fingerprint density at radius 3 is 2.83 bits per heavy atom. The number of methoxy groups -OCH3 is 1. The molecule has 3 aromatic heterocycles. The minimum Gasteiger partial charge on any atom is -0.462 e. The van der Waals surface area contributed by atoms with Crippen LogP contribution in [0.4, 0.5) is 19.6 Å². The highest BCUT2D eigenvalue weighted by atomic mass is 32.1. The number of nitrogens with zero attached hydrogens (tertiary/aromatic N) is 7. The highest BCUT2D eigenvalue weighted by molar-refractivity contribution is 7.23. The normalized spacial score (nSPS) is 21.6. The Balaban J connectivity index is 1.47. The lowest BCUT2D eigenvalue weighted by atomic mass is 10.0. The third-order valence-corrected chi connectivity index (χ3v) is 10.2. The van der Waals surface area contributed by atoms with Crippen LogP contribution in [-0.4, -0.2) is 95.8 Å². The Morgan fingerprint density at radius 1 is 1.35 bits per heavy atom. The average Bonchev–Trinajstić information content (AvgIpc) is 3.73. The largest absolute Gasteiger partial charge is 0.462 e. The number of nitrogens with two attached hydrogens (primary N) is 1. The Hall–Kier alpha value is -4.45. The van der Waals surface area contributed by atoms with Crippen molar-refractivity contribution < 1.29 is 23.0 Å². The number of nitriles is 1. The third kappa shape index (κ3) is 5.28. The second-order valence-electron chi connectivity index (χ2n) is 11.7. The van der Waals surface area contributed by atoms with E-state index in [1.807, 2.05) is 32.0 Å². The van der Waals surface area contributed by atoms with Crippen LogP contribution in [0.3, 0.4) is 0 Å². The Kier molecular flexibility index (Phi) is 8.49. The lowest BCUT2D eigenvalue weighted by molar-refractivity contribution is -0.126. The van der Waals surface area contributed by atoms with Crippen molar-refractivity contribution in [3.8, 4) is 23.3 Å². The molecule has 2 fully saturated rings. The summed E-state index contributed by atoms with van der Waals surface area (Å²) in [5, 5.41) is 10.5. The predicted molar refractivity (Wildman–Crippen MR) is 173 cm³/mol. The number of aromatic nitrogens is 3. The molecule has 0 radical (unpaired) electrons. The van der Waals surface area contributed by atoms with E-state index < -0.39 is 11.6 Å². The Labute approximate surface area is 268 Å². The van der Waals surface area contributed by atoms with Crippen molar-refractivity contribution in [2.24, 2.45) is 0 Å². The fourth-order valence-electron chi connectivity index (χ4n) is 6.63. The number of carbonyl (C=O) groups excluding carboxylic acids is 1. The van der Waals surface area contributed by atoms with E-state index in [1.54, 1.807) is 12.0 Å². The number of likely N-dealkylation sites (tertiary alicyclic amines) is 2. The van der Waals surface area contributed by atoms with Crippen LogP contribution in [0.5, 0.6) is 6.01 Å². The summed E-state index contributed by atoms with van der Waals surface area (Å²) < 4.78 is 43.3. The Bertz CT molecular complexity index is 1900. The summed E-state index contributed by atoms with van der Waals surface area (Å²) in [6.45, 7) is 7.11. The molecule has 1 amide bonds. The summed E-state index contributed by atoms with van der Waals surface area (Å²) in [7, 11) is 5.50. The second kappa shape index (κ2) is 12.4. The highest BCUT2D eigenvalue weighted by Crippen LogP contribution is 2.42. The zero-order chi connectivity index (χ0) is 32.9. The molecule has 6 rings (SSSR count). The molecule has 14 heteroatoms. The topological polar surface area (TPSA) is 134 Å². The van der Waals surface area contributed by atoms with E-state index in [4.69, 9.17) is 20.2 Å². The first-order chi connectivity index (χ1) is 22.1. The number of rotatable bonds is 8. The number of hydrogen-bond acceptors (Lipinski definition) is 11. The minimum absolute atomic E-state index is 0.0221. The van der Waals surface area contributed by atoms with E-state index in [2.05, 4.69) is 21.4 Å². The molecule has 11 nitrogen and oxygen atoms in total. The van der Waals surface area contributed by atoms with E-state index in [1.165, 1.54) is 24.4 Å². The van der Waals surface area contributed by atoms with Crippen LogP contribution in [0, 0.1) is 23.0 Å². The van der Waals surface area contributed by atoms with Crippen LogP contribution >= 0.6 is 11.3 Å². The maximum absolute atomic E-state index is 16.7. The van der Waals surface area contributed by atoms with Gasteiger partial charge in [-0.15, -0.1) is 11.3 Å². The molecule has 2 N–H and O–H groups in total. The number of anilines is 2. The summed E-state index contributed by atoms with van der Waals surface area (Å²) in [6.07, 6.45) is 4.26. The first-order valence-corrected chi connectivity index (χ1v) is 15.7. The first-order valence-electron chi connectivity index (χ1n) is 14.9. The van der Waals surface area contributed by atoms with Crippen LogP contribution < -0.4 is 15.4 Å². The summed E-state index contributed by atoms with van der Waals surface area (Å²) in [6, 6.07) is 4.30. The molecule has 0 aliphatic carbocycles. The van der Waals surface area contributed by atoms with Crippen molar-refractivity contribution in [1.82, 2.24) is 24.8 Å². The molecule has 2 aliphatic rings. The number of hydrogen-bond donors (Lipinski definition) is 1. The number of pyridine rings is 1. The molecule has 0 spiro atoms. The summed E-state index contributed by atoms with van der Waals surface area (Å²) in [4.78, 5) is 32.0. The average molecular weight is 649 g/mol. The second-order valence-corrected chi connectivity index (χ2v) is 12.8. The van der Waals surface area contributed by atoms with Crippen molar-refractivity contribution in [2.45, 2.75) is 44.0 Å². The fourth-order valence-corrected chi connectivity index (χ4v) is 7.58. The van der Waals surface area contributed by atoms with Crippen molar-refractivity contribution in [3.63, 3.8) is 0 Å². The van der Waals surface area contributed by atoms with Crippen molar-refractivity contribution in [2.75, 3.05) is 51.5 Å². The summed E-state index contributed by atoms with van der Waals surface area (Å²) in [5.41, 5.74) is 6.16. The predicted octanol–water partition coefficient (Wildman–Crippen LogP) is 4.35. The zero-order valence-corrected chi connectivity index (χ0v) is 26.8. The molecule has 4 atom stereocenters. The van der Waals surface area contributed by atoms with Gasteiger partial charge in [-0.05, 0) is 45.0 Å². The SMILES string of the molecule is C=CC(=O)N1CCC(N(C)c2nc(OC[C@@H]3C[C@@H](OC)CN3C)nc3c(F)c(-c4ccc(F)c5sc(N)c(C#N)c45)ncc23)C1C. The third-order valence-electron chi connectivity index (χ3n) is 9.22. The van der Waals surface area contributed by atoms with Gasteiger partial charge < -0.3 is 25.0 Å². The van der Waals surface area contributed by atoms with Gasteiger partial charge in [0, 0.05) is 56.5 Å². The fraction of sp³-hybridized carbons (Fsp3) is 0.406. The molecule has 240 valence electrons. The summed E-state index contributed by atoms with van der Waals surface area (Å²) in [5.74, 6) is -1.12. The molecule has 2 saturated heterocycles. The number of thiophene rings is 1. The van der Waals surface area contributed by atoms with Crippen molar-refractivity contribution >= 4 is 49.1 Å². The van der Waals surface area contributed by atoms with E-state index in [0.717, 1.165) is 24.3 Å². The highest BCUT2D eigenvalue weighted by Gasteiger charge is 2.37. The van der Waals surface area contributed by atoms with Gasteiger partial charge in [0.05, 0.1) is 27.8 Å². The van der Waals surface area contributed by atoms with Gasteiger partial charge in [0.15, 0.2) is 5.82 Å². The van der Waals surface area contributed by atoms with Crippen molar-refractivity contribution in [1.29, 1.82) is 5.26 Å². The van der Waals surface area contributed by atoms with Crippen LogP contribution in [0.2, 0.25) is 0 Å². The first kappa shape index (κ1) is 31.5. The van der Waals surface area contributed by atoms with Gasteiger partial charge in [-0.1, -0.05) is 6.58 Å². The number of ether oxygens (including phenoxy) is 2. The summed E-state index contributed by atoms with van der Waals surface area (Å²) >= 11 is 0.926. The van der Waals surface area contributed by atoms with Gasteiger partial charge in [0.1, 0.15) is 40.5 Å². The van der Waals surface area contributed by atoms with Crippen molar-refractivity contribution in [3.05, 3.63) is 48.2 Å². The number of fused-ring (bicyclic) bond motifs is 2. The molecule has 46 heavy (non-hydrogen) atoms. The van der Waals surface area contributed by atoms with Crippen LogP contribution in [0.25, 0.3) is 32.2 Å². The number of halogens is 2. The lowest BCUT2D eigenvalue weighted by Crippen LogP contribution is -2.43. The maximum Gasteiger partial charge on any atom is 0.319 e. The van der Waals surface area contributed by atoms with Gasteiger partial charge in [-0.25, -0.2) is 8.78 Å². The minimum atomic E-state index is -0.777. The monoisotopic (exact) mass is 648 g/mol. The number of carbonyl (C=O) groups is 1.